The zero-order valence-electron chi connectivity index (χ0n) is 13.0. The van der Waals surface area contributed by atoms with Crippen LogP contribution in [0.2, 0.25) is 0 Å². The number of carbonyl (C=O) groups excluding carboxylic acids is 1. The van der Waals surface area contributed by atoms with E-state index in [1.165, 1.54) is 37.4 Å². The molecule has 0 aliphatic carbocycles. The first-order chi connectivity index (χ1) is 11.5. The molecule has 0 fully saturated rings. The Morgan fingerprint density at radius 3 is 2.58 bits per heavy atom. The van der Waals surface area contributed by atoms with Gasteiger partial charge in [0, 0.05) is 6.07 Å². The summed E-state index contributed by atoms with van der Waals surface area (Å²) in [6.45, 7) is 1.98. The average molecular weight is 334 g/mol. The van der Waals surface area contributed by atoms with Gasteiger partial charge in [-0.25, -0.2) is 4.39 Å². The number of nitro groups is 1. The maximum Gasteiger partial charge on any atom is 0.286 e. The van der Waals surface area contributed by atoms with Gasteiger partial charge >= 0.3 is 0 Å². The molecule has 0 aliphatic rings. The molecule has 8 heteroatoms. The fourth-order valence-corrected chi connectivity index (χ4v) is 2.06. The average Bonchev–Trinajstić information content (AvgIpc) is 2.56. The lowest BCUT2D eigenvalue weighted by Crippen LogP contribution is -2.15. The van der Waals surface area contributed by atoms with Gasteiger partial charge in [0.25, 0.3) is 11.6 Å². The number of carbonyl (C=O) groups is 1. The van der Waals surface area contributed by atoms with Crippen LogP contribution in [-0.2, 0) is 0 Å². The molecular formula is C16H15FN2O5. The summed E-state index contributed by atoms with van der Waals surface area (Å²) in [6, 6.07) is 7.82. The van der Waals surface area contributed by atoms with Gasteiger partial charge in [-0.2, -0.15) is 0 Å². The normalized spacial score (nSPS) is 10.1. The summed E-state index contributed by atoms with van der Waals surface area (Å²) in [4.78, 5) is 22.9. The van der Waals surface area contributed by atoms with E-state index in [4.69, 9.17) is 9.47 Å². The molecule has 0 heterocycles. The number of amides is 1. The monoisotopic (exact) mass is 334 g/mol. The summed E-state index contributed by atoms with van der Waals surface area (Å²) in [5.74, 6) is -1.16. The predicted octanol–water partition coefficient (Wildman–Crippen LogP) is 3.39. The highest BCUT2D eigenvalue weighted by molar-refractivity contribution is 6.07. The molecular weight excluding hydrogens is 319 g/mol. The number of para-hydroxylation sites is 1. The van der Waals surface area contributed by atoms with Gasteiger partial charge in [0.2, 0.25) is 0 Å². The van der Waals surface area contributed by atoms with Gasteiger partial charge in [0.1, 0.15) is 11.4 Å². The molecule has 126 valence electrons. The molecule has 0 bridgehead atoms. The first-order valence-electron chi connectivity index (χ1n) is 7.03. The molecule has 2 aromatic carbocycles. The molecule has 0 aliphatic heterocycles. The molecule has 1 N–H and O–H groups in total. The third-order valence-corrected chi connectivity index (χ3v) is 3.15. The van der Waals surface area contributed by atoms with E-state index < -0.39 is 22.3 Å². The van der Waals surface area contributed by atoms with Gasteiger partial charge in [-0.15, -0.1) is 0 Å². The third-order valence-electron chi connectivity index (χ3n) is 3.15. The van der Waals surface area contributed by atoms with Gasteiger partial charge in [-0.1, -0.05) is 12.1 Å². The van der Waals surface area contributed by atoms with E-state index in [0.717, 1.165) is 6.07 Å². The summed E-state index contributed by atoms with van der Waals surface area (Å²) >= 11 is 0. The van der Waals surface area contributed by atoms with Crippen LogP contribution in [0.25, 0.3) is 0 Å². The SMILES string of the molecule is CCOc1cc([N+](=O)[O-])c(C(=O)Nc2ccccc2F)cc1OC. The maximum atomic E-state index is 13.6. The van der Waals surface area contributed by atoms with Crippen molar-refractivity contribution in [3.8, 4) is 11.5 Å². The van der Waals surface area contributed by atoms with Crippen LogP contribution in [0.3, 0.4) is 0 Å². The van der Waals surface area contributed by atoms with Crippen molar-refractivity contribution in [1.29, 1.82) is 0 Å². The number of nitrogens with one attached hydrogen (secondary N) is 1. The second-order valence-corrected chi connectivity index (χ2v) is 4.64. The number of benzene rings is 2. The van der Waals surface area contributed by atoms with E-state index in [-0.39, 0.29) is 29.4 Å². The zero-order valence-corrected chi connectivity index (χ0v) is 13.0. The van der Waals surface area contributed by atoms with Crippen LogP contribution in [0.15, 0.2) is 36.4 Å². The number of ether oxygens (including phenoxy) is 2. The summed E-state index contributed by atoms with van der Waals surface area (Å²) < 4.78 is 24.0. The van der Waals surface area contributed by atoms with E-state index >= 15 is 0 Å². The molecule has 0 unspecified atom stereocenters. The van der Waals surface area contributed by atoms with E-state index in [1.807, 2.05) is 0 Å². The van der Waals surface area contributed by atoms with Gasteiger partial charge in [0.15, 0.2) is 11.5 Å². The number of hydrogen-bond acceptors (Lipinski definition) is 5. The standard InChI is InChI=1S/C16H15FN2O5/c1-3-24-15-9-13(19(21)22)10(8-14(15)23-2)16(20)18-12-7-5-4-6-11(12)17/h4-9H,3H2,1-2H3,(H,18,20). The quantitative estimate of drug-likeness (QED) is 0.646. The number of halogens is 1. The van der Waals surface area contributed by atoms with Crippen molar-refractivity contribution in [2.24, 2.45) is 0 Å². The lowest BCUT2D eigenvalue weighted by molar-refractivity contribution is -0.385. The number of anilines is 1. The van der Waals surface area contributed by atoms with E-state index in [1.54, 1.807) is 6.92 Å². The Hall–Kier alpha value is -3.16. The van der Waals surface area contributed by atoms with Crippen LogP contribution in [0, 0.1) is 15.9 Å². The van der Waals surface area contributed by atoms with Crippen LogP contribution >= 0.6 is 0 Å². The van der Waals surface area contributed by atoms with Crippen LogP contribution < -0.4 is 14.8 Å². The number of nitrogens with zero attached hydrogens (tertiary/aromatic N) is 1. The summed E-state index contributed by atoms with van der Waals surface area (Å²) in [6.07, 6.45) is 0. The Kier molecular flexibility index (Phi) is 5.31. The number of hydrogen-bond donors (Lipinski definition) is 1. The second kappa shape index (κ2) is 7.40. The molecule has 0 saturated heterocycles. The first-order valence-corrected chi connectivity index (χ1v) is 7.03. The van der Waals surface area contributed by atoms with E-state index in [9.17, 15) is 19.3 Å². The highest BCUT2D eigenvalue weighted by atomic mass is 19.1. The molecule has 2 aromatic rings. The third kappa shape index (κ3) is 3.60. The second-order valence-electron chi connectivity index (χ2n) is 4.64. The smallest absolute Gasteiger partial charge is 0.286 e. The lowest BCUT2D eigenvalue weighted by atomic mass is 10.1. The minimum Gasteiger partial charge on any atom is -0.493 e. The zero-order chi connectivity index (χ0) is 17.7. The Morgan fingerprint density at radius 2 is 2.00 bits per heavy atom. The summed E-state index contributed by atoms with van der Waals surface area (Å²) in [5, 5.41) is 13.6. The Morgan fingerprint density at radius 1 is 1.29 bits per heavy atom. The predicted molar refractivity (Wildman–Crippen MR) is 85.2 cm³/mol. The molecule has 2 rings (SSSR count). The highest BCUT2D eigenvalue weighted by Gasteiger charge is 2.25. The van der Waals surface area contributed by atoms with Gasteiger partial charge < -0.3 is 14.8 Å². The fraction of sp³-hybridized carbons (Fsp3) is 0.188. The van der Waals surface area contributed by atoms with Crippen LogP contribution in [0.4, 0.5) is 15.8 Å². The van der Waals surface area contributed by atoms with Crippen molar-refractivity contribution in [3.63, 3.8) is 0 Å². The van der Waals surface area contributed by atoms with Crippen molar-refractivity contribution in [3.05, 3.63) is 57.9 Å². The molecule has 0 atom stereocenters. The highest BCUT2D eigenvalue weighted by Crippen LogP contribution is 2.35. The summed E-state index contributed by atoms with van der Waals surface area (Å²) in [5.41, 5.74) is -0.804. The number of methoxy groups -OCH3 is 1. The van der Waals surface area contributed by atoms with Gasteiger partial charge in [-0.05, 0) is 19.1 Å². The van der Waals surface area contributed by atoms with Crippen LogP contribution in [-0.4, -0.2) is 24.5 Å². The lowest BCUT2D eigenvalue weighted by Gasteiger charge is -2.12. The first kappa shape index (κ1) is 17.2. The van der Waals surface area contributed by atoms with Crippen molar-refractivity contribution < 1.29 is 23.6 Å². The van der Waals surface area contributed by atoms with Crippen molar-refractivity contribution >= 4 is 17.3 Å². The Bertz CT molecular complexity index is 779. The molecule has 7 nitrogen and oxygen atoms in total. The number of nitro benzene ring substituents is 1. The van der Waals surface area contributed by atoms with E-state index in [2.05, 4.69) is 5.32 Å². The van der Waals surface area contributed by atoms with Crippen molar-refractivity contribution in [1.82, 2.24) is 0 Å². The fourth-order valence-electron chi connectivity index (χ4n) is 2.06. The Labute approximate surface area is 137 Å². The van der Waals surface area contributed by atoms with Crippen molar-refractivity contribution in [2.45, 2.75) is 6.92 Å². The van der Waals surface area contributed by atoms with E-state index in [0.29, 0.717) is 0 Å². The van der Waals surface area contributed by atoms with Crippen LogP contribution in [0.1, 0.15) is 17.3 Å². The topological polar surface area (TPSA) is 90.7 Å². The minimum absolute atomic E-state index is 0.0790. The summed E-state index contributed by atoms with van der Waals surface area (Å²) in [7, 11) is 1.35. The molecule has 0 saturated carbocycles. The van der Waals surface area contributed by atoms with Gasteiger partial charge in [-0.3, -0.25) is 14.9 Å². The Balaban J connectivity index is 2.45. The molecule has 24 heavy (non-hydrogen) atoms. The molecule has 0 aromatic heterocycles. The minimum atomic E-state index is -0.826. The van der Waals surface area contributed by atoms with Crippen LogP contribution in [0.5, 0.6) is 11.5 Å². The maximum absolute atomic E-state index is 13.6. The molecule has 0 radical (unpaired) electrons. The van der Waals surface area contributed by atoms with Gasteiger partial charge in [0.05, 0.1) is 30.4 Å². The molecule has 1 amide bonds. The number of rotatable bonds is 6. The van der Waals surface area contributed by atoms with Crippen molar-refractivity contribution in [2.75, 3.05) is 19.0 Å². The largest absolute Gasteiger partial charge is 0.493 e. The molecule has 0 spiro atoms.